The van der Waals surface area contributed by atoms with Crippen molar-refractivity contribution in [3.63, 3.8) is 0 Å². The molecule has 0 heterocycles. The van der Waals surface area contributed by atoms with Crippen LogP contribution in [0, 0.1) is 0 Å². The summed E-state index contributed by atoms with van der Waals surface area (Å²) in [5, 5.41) is 8.87. The molecule has 1 aromatic carbocycles. The van der Waals surface area contributed by atoms with Crippen molar-refractivity contribution in [2.45, 2.75) is 0 Å². The Balaban J connectivity index is 3.15. The van der Waals surface area contributed by atoms with Gasteiger partial charge in [-0.15, -0.1) is 11.6 Å². The van der Waals surface area contributed by atoms with E-state index in [1.807, 2.05) is 0 Å². The lowest BCUT2D eigenvalue weighted by molar-refractivity contribution is 0.0696. The SMILES string of the molecule is O=C(O)c1ccc(Br)cc1C=CCCl. The van der Waals surface area contributed by atoms with Gasteiger partial charge in [0.05, 0.1) is 5.56 Å². The molecule has 0 atom stereocenters. The third kappa shape index (κ3) is 2.86. The van der Waals surface area contributed by atoms with E-state index < -0.39 is 5.97 Å². The molecule has 2 nitrogen and oxygen atoms in total. The van der Waals surface area contributed by atoms with Gasteiger partial charge in [0.15, 0.2) is 0 Å². The third-order valence-electron chi connectivity index (χ3n) is 1.63. The molecule has 0 radical (unpaired) electrons. The fraction of sp³-hybridized carbons (Fsp3) is 0.100. The quantitative estimate of drug-likeness (QED) is 0.859. The molecular formula is C10H8BrClO2. The Kier molecular flexibility index (Phi) is 4.17. The zero-order valence-corrected chi connectivity index (χ0v) is 9.55. The average molecular weight is 276 g/mol. The highest BCUT2D eigenvalue weighted by molar-refractivity contribution is 9.10. The number of carbonyl (C=O) groups is 1. The molecule has 0 unspecified atom stereocenters. The highest BCUT2D eigenvalue weighted by atomic mass is 79.9. The second-order valence-electron chi connectivity index (χ2n) is 2.59. The molecule has 4 heteroatoms. The number of carboxylic acid groups (broad SMARTS) is 1. The average Bonchev–Trinajstić information content (AvgIpc) is 2.14. The van der Waals surface area contributed by atoms with E-state index in [0.29, 0.717) is 11.4 Å². The maximum absolute atomic E-state index is 10.8. The number of rotatable bonds is 3. The molecule has 1 N–H and O–H groups in total. The predicted molar refractivity (Wildman–Crippen MR) is 60.9 cm³/mol. The van der Waals surface area contributed by atoms with Gasteiger partial charge in [-0.05, 0) is 23.8 Å². The fourth-order valence-electron chi connectivity index (χ4n) is 1.04. The van der Waals surface area contributed by atoms with Crippen LogP contribution in [0.2, 0.25) is 0 Å². The highest BCUT2D eigenvalue weighted by Gasteiger charge is 2.07. The molecule has 0 saturated carbocycles. The van der Waals surface area contributed by atoms with Gasteiger partial charge in [0.1, 0.15) is 0 Å². The Morgan fingerprint density at radius 1 is 1.57 bits per heavy atom. The zero-order chi connectivity index (χ0) is 10.6. The molecule has 0 aliphatic heterocycles. The van der Waals surface area contributed by atoms with Gasteiger partial charge in [0.25, 0.3) is 0 Å². The van der Waals surface area contributed by atoms with Crippen LogP contribution in [0.5, 0.6) is 0 Å². The number of benzene rings is 1. The van der Waals surface area contributed by atoms with E-state index >= 15 is 0 Å². The maximum Gasteiger partial charge on any atom is 0.336 e. The van der Waals surface area contributed by atoms with E-state index in [4.69, 9.17) is 16.7 Å². The molecule has 1 rings (SSSR count). The smallest absolute Gasteiger partial charge is 0.336 e. The van der Waals surface area contributed by atoms with Crippen LogP contribution in [-0.4, -0.2) is 17.0 Å². The minimum absolute atomic E-state index is 0.273. The monoisotopic (exact) mass is 274 g/mol. The summed E-state index contributed by atoms with van der Waals surface area (Å²) < 4.78 is 0.844. The lowest BCUT2D eigenvalue weighted by Crippen LogP contribution is -1.99. The van der Waals surface area contributed by atoms with Crippen molar-refractivity contribution in [3.8, 4) is 0 Å². The third-order valence-corrected chi connectivity index (χ3v) is 2.30. The van der Waals surface area contributed by atoms with Gasteiger partial charge >= 0.3 is 5.97 Å². The Bertz CT molecular complexity index is 374. The van der Waals surface area contributed by atoms with Crippen LogP contribution in [0.25, 0.3) is 6.08 Å². The Labute approximate surface area is 95.3 Å². The van der Waals surface area contributed by atoms with Crippen LogP contribution >= 0.6 is 27.5 Å². The van der Waals surface area contributed by atoms with Gasteiger partial charge in [-0.2, -0.15) is 0 Å². The van der Waals surface area contributed by atoms with Crippen LogP contribution in [0.4, 0.5) is 0 Å². The van der Waals surface area contributed by atoms with E-state index in [1.54, 1.807) is 30.4 Å². The first kappa shape index (κ1) is 11.3. The van der Waals surface area contributed by atoms with E-state index in [2.05, 4.69) is 15.9 Å². The van der Waals surface area contributed by atoms with Crippen molar-refractivity contribution in [1.82, 2.24) is 0 Å². The molecule has 0 fully saturated rings. The van der Waals surface area contributed by atoms with Crippen molar-refractivity contribution >= 4 is 39.6 Å². The number of carboxylic acids is 1. The second-order valence-corrected chi connectivity index (χ2v) is 3.82. The number of hydrogen-bond donors (Lipinski definition) is 1. The summed E-state index contributed by atoms with van der Waals surface area (Å²) in [6, 6.07) is 4.99. The molecule has 0 spiro atoms. The standard InChI is InChI=1S/C10H8BrClO2/c11-8-3-4-9(10(13)14)7(6-8)2-1-5-12/h1-4,6H,5H2,(H,13,14). The van der Waals surface area contributed by atoms with Crippen molar-refractivity contribution in [3.05, 3.63) is 39.9 Å². The van der Waals surface area contributed by atoms with Gasteiger partial charge < -0.3 is 5.11 Å². The predicted octanol–water partition coefficient (Wildman–Crippen LogP) is 3.40. The zero-order valence-electron chi connectivity index (χ0n) is 7.21. The lowest BCUT2D eigenvalue weighted by atomic mass is 10.1. The normalized spacial score (nSPS) is 10.7. The summed E-state index contributed by atoms with van der Waals surface area (Å²) in [6.45, 7) is 0. The summed E-state index contributed by atoms with van der Waals surface area (Å²) in [4.78, 5) is 10.8. The minimum Gasteiger partial charge on any atom is -0.478 e. The Morgan fingerprint density at radius 2 is 2.29 bits per heavy atom. The number of halogens is 2. The van der Waals surface area contributed by atoms with Gasteiger partial charge in [-0.25, -0.2) is 4.79 Å². The first-order valence-corrected chi connectivity index (χ1v) is 5.23. The van der Waals surface area contributed by atoms with Gasteiger partial charge in [0, 0.05) is 10.4 Å². The molecule has 0 aliphatic carbocycles. The van der Waals surface area contributed by atoms with E-state index in [0.717, 1.165) is 4.47 Å². The molecule has 0 aromatic heterocycles. The lowest BCUT2D eigenvalue weighted by Gasteiger charge is -2.01. The summed E-state index contributed by atoms with van der Waals surface area (Å²) in [5.41, 5.74) is 0.919. The van der Waals surface area contributed by atoms with Crippen molar-refractivity contribution in [1.29, 1.82) is 0 Å². The van der Waals surface area contributed by atoms with E-state index in [-0.39, 0.29) is 5.56 Å². The summed E-state index contributed by atoms with van der Waals surface area (Å²) >= 11 is 8.75. The maximum atomic E-state index is 10.8. The van der Waals surface area contributed by atoms with Crippen LogP contribution in [0.1, 0.15) is 15.9 Å². The van der Waals surface area contributed by atoms with Crippen LogP contribution in [0.15, 0.2) is 28.7 Å². The van der Waals surface area contributed by atoms with Gasteiger partial charge in [-0.3, -0.25) is 0 Å². The number of alkyl halides is 1. The molecule has 74 valence electrons. The highest BCUT2D eigenvalue weighted by Crippen LogP contribution is 2.18. The Morgan fingerprint density at radius 3 is 2.86 bits per heavy atom. The van der Waals surface area contributed by atoms with Crippen molar-refractivity contribution in [2.24, 2.45) is 0 Å². The molecule has 1 aromatic rings. The second kappa shape index (κ2) is 5.17. The van der Waals surface area contributed by atoms with E-state index in [9.17, 15) is 4.79 Å². The largest absolute Gasteiger partial charge is 0.478 e. The summed E-state index contributed by atoms with van der Waals surface area (Å²) in [5.74, 6) is -0.572. The van der Waals surface area contributed by atoms with Crippen LogP contribution in [0.3, 0.4) is 0 Å². The molecule has 0 saturated heterocycles. The van der Waals surface area contributed by atoms with Gasteiger partial charge in [0.2, 0.25) is 0 Å². The molecule has 0 amide bonds. The van der Waals surface area contributed by atoms with E-state index in [1.165, 1.54) is 0 Å². The summed E-state index contributed by atoms with van der Waals surface area (Å²) in [6.07, 6.45) is 3.40. The first-order valence-electron chi connectivity index (χ1n) is 3.90. The molecule has 14 heavy (non-hydrogen) atoms. The van der Waals surface area contributed by atoms with Gasteiger partial charge in [-0.1, -0.05) is 28.1 Å². The minimum atomic E-state index is -0.938. The van der Waals surface area contributed by atoms with Crippen molar-refractivity contribution in [2.75, 3.05) is 5.88 Å². The molecular weight excluding hydrogens is 267 g/mol. The summed E-state index contributed by atoms with van der Waals surface area (Å²) in [7, 11) is 0. The van der Waals surface area contributed by atoms with Crippen molar-refractivity contribution < 1.29 is 9.90 Å². The van der Waals surface area contributed by atoms with Crippen LogP contribution < -0.4 is 0 Å². The molecule has 0 aliphatic rings. The number of aromatic carboxylic acids is 1. The molecule has 0 bridgehead atoms. The topological polar surface area (TPSA) is 37.3 Å². The first-order chi connectivity index (χ1) is 6.65. The fourth-order valence-corrected chi connectivity index (χ4v) is 1.51. The van der Waals surface area contributed by atoms with Crippen LogP contribution in [-0.2, 0) is 0 Å². The number of allylic oxidation sites excluding steroid dienone is 1. The number of hydrogen-bond acceptors (Lipinski definition) is 1. The Hall–Kier alpha value is -0.800.